The summed E-state index contributed by atoms with van der Waals surface area (Å²) in [6.45, 7) is 2.00. The number of hydrogen-bond donors (Lipinski definition) is 1. The molecule has 0 fully saturated rings. The van der Waals surface area contributed by atoms with Gasteiger partial charge in [-0.25, -0.2) is 0 Å². The average Bonchev–Trinajstić information content (AvgIpc) is 2.79. The fourth-order valence-electron chi connectivity index (χ4n) is 3.33. The molecule has 0 heterocycles. The molecule has 1 unspecified atom stereocenters. The molecule has 0 aromatic heterocycles. The van der Waals surface area contributed by atoms with Gasteiger partial charge >= 0.3 is 0 Å². The predicted molar refractivity (Wildman–Crippen MR) is 122 cm³/mol. The Morgan fingerprint density at radius 1 is 1.00 bits per heavy atom. The molecule has 31 heavy (non-hydrogen) atoms. The van der Waals surface area contributed by atoms with Crippen LogP contribution in [0.5, 0.6) is 11.5 Å². The Labute approximate surface area is 183 Å². The molecule has 1 amide bonds. The van der Waals surface area contributed by atoms with Gasteiger partial charge in [0, 0.05) is 11.3 Å². The van der Waals surface area contributed by atoms with Crippen molar-refractivity contribution in [1.82, 2.24) is 0 Å². The summed E-state index contributed by atoms with van der Waals surface area (Å²) < 4.78 is 16.4. The molecule has 0 spiro atoms. The topological polar surface area (TPSA) is 56.8 Å². The van der Waals surface area contributed by atoms with Gasteiger partial charge in [-0.3, -0.25) is 4.79 Å². The smallest absolute Gasteiger partial charge is 0.258 e. The van der Waals surface area contributed by atoms with Crippen LogP contribution in [0.1, 0.15) is 17.2 Å². The summed E-state index contributed by atoms with van der Waals surface area (Å²) in [5.41, 5.74) is 4.16. The fourth-order valence-corrected chi connectivity index (χ4v) is 3.33. The number of benzene rings is 3. The zero-order chi connectivity index (χ0) is 22.2. The van der Waals surface area contributed by atoms with Crippen LogP contribution >= 0.6 is 0 Å². The van der Waals surface area contributed by atoms with Gasteiger partial charge in [0.2, 0.25) is 0 Å². The zero-order valence-electron chi connectivity index (χ0n) is 17.8. The minimum atomic E-state index is -0.825. The number of rotatable bonds is 8. The van der Waals surface area contributed by atoms with Gasteiger partial charge in [0.1, 0.15) is 6.61 Å². The number of para-hydroxylation sites is 1. The van der Waals surface area contributed by atoms with E-state index in [0.717, 1.165) is 22.3 Å². The van der Waals surface area contributed by atoms with E-state index >= 15 is 0 Å². The molecule has 0 saturated heterocycles. The second kappa shape index (κ2) is 10.3. The van der Waals surface area contributed by atoms with E-state index in [1.54, 1.807) is 14.2 Å². The van der Waals surface area contributed by atoms with Gasteiger partial charge in [0.15, 0.2) is 17.6 Å². The quantitative estimate of drug-likeness (QED) is 0.526. The third-order valence-corrected chi connectivity index (χ3v) is 4.80. The van der Waals surface area contributed by atoms with Crippen molar-refractivity contribution in [2.45, 2.75) is 13.0 Å². The van der Waals surface area contributed by atoms with Crippen LogP contribution in [0.2, 0.25) is 0 Å². The molecular weight excluding hydrogens is 390 g/mol. The molecular formula is C26H25NO4. The van der Waals surface area contributed by atoms with Crippen LogP contribution in [0, 0.1) is 19.3 Å². The van der Waals surface area contributed by atoms with Gasteiger partial charge in [-0.2, -0.15) is 0 Å². The summed E-state index contributed by atoms with van der Waals surface area (Å²) in [5.74, 6) is 3.38. The Bertz CT molecular complexity index is 1100. The Morgan fingerprint density at radius 2 is 1.77 bits per heavy atom. The Kier molecular flexibility index (Phi) is 7.31. The molecule has 0 saturated carbocycles. The Morgan fingerprint density at radius 3 is 2.48 bits per heavy atom. The summed E-state index contributed by atoms with van der Waals surface area (Å²) in [6.07, 6.45) is 4.54. The maximum atomic E-state index is 13.2. The minimum Gasteiger partial charge on any atom is -0.493 e. The normalized spacial score (nSPS) is 11.3. The lowest BCUT2D eigenvalue weighted by Crippen LogP contribution is -2.24. The van der Waals surface area contributed by atoms with Crippen molar-refractivity contribution >= 4 is 11.6 Å². The maximum absolute atomic E-state index is 13.2. The first kappa shape index (κ1) is 21.9. The van der Waals surface area contributed by atoms with Gasteiger partial charge in [-0.15, -0.1) is 6.42 Å². The van der Waals surface area contributed by atoms with Gasteiger partial charge in [0.25, 0.3) is 5.91 Å². The van der Waals surface area contributed by atoms with Gasteiger partial charge in [-0.1, -0.05) is 60.0 Å². The highest BCUT2D eigenvalue weighted by molar-refractivity contribution is 5.98. The van der Waals surface area contributed by atoms with E-state index in [-0.39, 0.29) is 12.5 Å². The number of terminal acetylenes is 1. The summed E-state index contributed by atoms with van der Waals surface area (Å²) >= 11 is 0. The molecule has 3 rings (SSSR count). The van der Waals surface area contributed by atoms with E-state index in [0.29, 0.717) is 17.2 Å². The van der Waals surface area contributed by atoms with Crippen LogP contribution in [-0.2, 0) is 9.53 Å². The number of anilines is 1. The first-order valence-electron chi connectivity index (χ1n) is 9.81. The largest absolute Gasteiger partial charge is 0.493 e. The van der Waals surface area contributed by atoms with Crippen molar-refractivity contribution < 1.29 is 19.0 Å². The number of carbonyl (C=O) groups is 1. The molecule has 3 aromatic carbocycles. The molecule has 0 aliphatic rings. The van der Waals surface area contributed by atoms with Crippen LogP contribution in [0.3, 0.4) is 0 Å². The molecule has 0 radical (unpaired) electrons. The number of methoxy groups -OCH3 is 2. The van der Waals surface area contributed by atoms with E-state index < -0.39 is 6.10 Å². The highest BCUT2D eigenvalue weighted by atomic mass is 16.5. The molecule has 5 heteroatoms. The summed E-state index contributed by atoms with van der Waals surface area (Å²) in [6, 6.07) is 20.8. The van der Waals surface area contributed by atoms with Crippen molar-refractivity contribution in [1.29, 1.82) is 0 Å². The summed E-state index contributed by atoms with van der Waals surface area (Å²) in [7, 11) is 3.18. The molecule has 0 aliphatic heterocycles. The van der Waals surface area contributed by atoms with E-state index in [2.05, 4.69) is 11.2 Å². The van der Waals surface area contributed by atoms with E-state index in [1.807, 2.05) is 73.7 Å². The highest BCUT2D eigenvalue weighted by Crippen LogP contribution is 2.35. The summed E-state index contributed by atoms with van der Waals surface area (Å²) in [5, 5.41) is 3.00. The predicted octanol–water partition coefficient (Wildman–Crippen LogP) is 5.01. The molecule has 1 atom stereocenters. The van der Waals surface area contributed by atoms with E-state index in [9.17, 15) is 4.79 Å². The maximum Gasteiger partial charge on any atom is 0.258 e. The summed E-state index contributed by atoms with van der Waals surface area (Å²) in [4.78, 5) is 13.2. The first-order chi connectivity index (χ1) is 15.1. The number of hydrogen-bond acceptors (Lipinski definition) is 4. The van der Waals surface area contributed by atoms with Crippen LogP contribution in [0.15, 0.2) is 66.7 Å². The average molecular weight is 415 g/mol. The van der Waals surface area contributed by atoms with Crippen molar-refractivity contribution in [3.8, 4) is 35.0 Å². The number of amides is 1. The van der Waals surface area contributed by atoms with E-state index in [1.165, 1.54) is 0 Å². The lowest BCUT2D eigenvalue weighted by atomic mass is 10.0. The molecule has 1 N–H and O–H groups in total. The number of nitrogens with one attached hydrogen (secondary N) is 1. The first-order valence-corrected chi connectivity index (χ1v) is 9.81. The SMILES string of the molecule is C#CCOC(C(=O)Nc1ccccc1-c1ccc(OC)c(OC)c1)c1cccc(C)c1. The van der Waals surface area contributed by atoms with Crippen molar-refractivity contribution in [3.63, 3.8) is 0 Å². The lowest BCUT2D eigenvalue weighted by molar-refractivity contribution is -0.126. The Hall–Kier alpha value is -3.75. The van der Waals surface area contributed by atoms with Crippen LogP contribution in [0.25, 0.3) is 11.1 Å². The molecule has 0 bridgehead atoms. The fraction of sp³-hybridized carbons (Fsp3) is 0.192. The third kappa shape index (κ3) is 5.25. The number of aryl methyl sites for hydroxylation is 1. The van der Waals surface area contributed by atoms with Crippen LogP contribution in [-0.4, -0.2) is 26.7 Å². The molecule has 0 aliphatic carbocycles. The molecule has 3 aromatic rings. The Balaban J connectivity index is 1.93. The van der Waals surface area contributed by atoms with Gasteiger partial charge in [-0.05, 0) is 36.2 Å². The molecule has 5 nitrogen and oxygen atoms in total. The number of ether oxygens (including phenoxy) is 3. The van der Waals surface area contributed by atoms with Crippen molar-refractivity contribution in [2.75, 3.05) is 26.1 Å². The third-order valence-electron chi connectivity index (χ3n) is 4.80. The lowest BCUT2D eigenvalue weighted by Gasteiger charge is -2.19. The molecule has 158 valence electrons. The second-order valence-corrected chi connectivity index (χ2v) is 6.91. The number of carbonyl (C=O) groups excluding carboxylic acids is 1. The van der Waals surface area contributed by atoms with Crippen molar-refractivity contribution in [2.24, 2.45) is 0 Å². The zero-order valence-corrected chi connectivity index (χ0v) is 17.8. The second-order valence-electron chi connectivity index (χ2n) is 6.91. The van der Waals surface area contributed by atoms with Gasteiger partial charge < -0.3 is 19.5 Å². The van der Waals surface area contributed by atoms with E-state index in [4.69, 9.17) is 20.6 Å². The van der Waals surface area contributed by atoms with Crippen molar-refractivity contribution in [3.05, 3.63) is 77.9 Å². The standard InChI is InChI=1S/C26H25NO4/c1-5-15-31-25(20-10-8-9-18(2)16-20)26(28)27-22-12-7-6-11-21(22)19-13-14-23(29-3)24(17-19)30-4/h1,6-14,16-17,25H,15H2,2-4H3,(H,27,28). The highest BCUT2D eigenvalue weighted by Gasteiger charge is 2.22. The van der Waals surface area contributed by atoms with Crippen LogP contribution in [0.4, 0.5) is 5.69 Å². The van der Waals surface area contributed by atoms with Gasteiger partial charge in [0.05, 0.1) is 14.2 Å². The van der Waals surface area contributed by atoms with Crippen LogP contribution < -0.4 is 14.8 Å². The minimum absolute atomic E-state index is 0.0311. The monoisotopic (exact) mass is 415 g/mol.